The van der Waals surface area contributed by atoms with Gasteiger partial charge in [-0.15, -0.1) is 0 Å². The van der Waals surface area contributed by atoms with Gasteiger partial charge in [0.2, 0.25) is 0 Å². The fraction of sp³-hybridized carbons (Fsp3) is 0.462. The molecule has 0 heterocycles. The van der Waals surface area contributed by atoms with Crippen molar-refractivity contribution >= 4 is 12.1 Å². The van der Waals surface area contributed by atoms with Crippen LogP contribution in [0, 0.1) is 17.8 Å². The van der Waals surface area contributed by atoms with Crippen LogP contribution in [0.5, 0.6) is 0 Å². The van der Waals surface area contributed by atoms with E-state index in [0.717, 1.165) is 25.7 Å². The highest BCUT2D eigenvalue weighted by atomic mass is 16.5. The van der Waals surface area contributed by atoms with E-state index in [4.69, 9.17) is 4.74 Å². The molecule has 5 nitrogen and oxygen atoms in total. The van der Waals surface area contributed by atoms with Gasteiger partial charge in [-0.05, 0) is 46.9 Å². The van der Waals surface area contributed by atoms with Crippen LogP contribution < -0.4 is 5.32 Å². The van der Waals surface area contributed by atoms with Gasteiger partial charge < -0.3 is 15.2 Å². The van der Waals surface area contributed by atoms with Crippen LogP contribution >= 0.6 is 0 Å². The molecule has 2 aromatic carbocycles. The molecule has 162 valence electrons. The van der Waals surface area contributed by atoms with Crippen molar-refractivity contribution in [3.05, 3.63) is 59.7 Å². The first-order valence-electron chi connectivity index (χ1n) is 11.5. The Hall–Kier alpha value is -2.82. The molecular formula is C26H29NO4. The topological polar surface area (TPSA) is 75.6 Å². The van der Waals surface area contributed by atoms with E-state index < -0.39 is 18.0 Å². The van der Waals surface area contributed by atoms with Crippen LogP contribution in [0.3, 0.4) is 0 Å². The van der Waals surface area contributed by atoms with Crippen molar-refractivity contribution < 1.29 is 19.4 Å². The molecule has 4 atom stereocenters. The molecule has 0 radical (unpaired) electrons. The van der Waals surface area contributed by atoms with E-state index in [1.165, 1.54) is 35.1 Å². The van der Waals surface area contributed by atoms with Crippen molar-refractivity contribution in [1.82, 2.24) is 5.32 Å². The Morgan fingerprint density at radius 1 is 0.871 bits per heavy atom. The van der Waals surface area contributed by atoms with Crippen molar-refractivity contribution in [1.29, 1.82) is 0 Å². The maximum atomic E-state index is 12.7. The van der Waals surface area contributed by atoms with Crippen LogP contribution in [0.2, 0.25) is 0 Å². The van der Waals surface area contributed by atoms with E-state index in [1.807, 2.05) is 24.3 Å². The number of aliphatic carboxylic acids is 1. The minimum atomic E-state index is -0.800. The summed E-state index contributed by atoms with van der Waals surface area (Å²) in [5.74, 6) is -0.864. The molecule has 2 N–H and O–H groups in total. The summed E-state index contributed by atoms with van der Waals surface area (Å²) < 4.78 is 5.67. The first-order valence-corrected chi connectivity index (χ1v) is 11.5. The second-order valence-electron chi connectivity index (χ2n) is 9.18. The number of carbonyl (C=O) groups is 2. The maximum absolute atomic E-state index is 12.7. The molecule has 5 rings (SSSR count). The lowest BCUT2D eigenvalue weighted by molar-refractivity contribution is -0.155. The number of fused-ring (bicyclic) bond motifs is 4. The van der Waals surface area contributed by atoms with E-state index in [2.05, 4.69) is 29.6 Å². The number of hydrogen-bond donors (Lipinski definition) is 2. The third-order valence-electron chi connectivity index (χ3n) is 7.60. The number of nitrogens with one attached hydrogen (secondary N) is 1. The van der Waals surface area contributed by atoms with E-state index in [0.29, 0.717) is 0 Å². The Labute approximate surface area is 182 Å². The van der Waals surface area contributed by atoms with Gasteiger partial charge in [0.25, 0.3) is 0 Å². The largest absolute Gasteiger partial charge is 0.481 e. The van der Waals surface area contributed by atoms with Crippen LogP contribution in [0.4, 0.5) is 4.79 Å². The Bertz CT molecular complexity index is 941. The van der Waals surface area contributed by atoms with Gasteiger partial charge >= 0.3 is 12.1 Å². The molecule has 31 heavy (non-hydrogen) atoms. The number of carbonyl (C=O) groups excluding carboxylic acids is 1. The molecule has 2 fully saturated rings. The second kappa shape index (κ2) is 8.37. The number of rotatable bonds is 4. The van der Waals surface area contributed by atoms with Gasteiger partial charge in [-0.2, -0.15) is 0 Å². The fourth-order valence-corrected chi connectivity index (χ4v) is 6.13. The highest BCUT2D eigenvalue weighted by Crippen LogP contribution is 2.48. The van der Waals surface area contributed by atoms with Crippen molar-refractivity contribution in [3.63, 3.8) is 0 Å². The van der Waals surface area contributed by atoms with Gasteiger partial charge in [0.1, 0.15) is 6.61 Å². The number of alkyl carbamates (subject to hydrolysis) is 1. The third kappa shape index (κ3) is 3.60. The van der Waals surface area contributed by atoms with Crippen molar-refractivity contribution in [2.45, 2.75) is 50.5 Å². The predicted octanol–water partition coefficient (Wildman–Crippen LogP) is 5.19. The predicted molar refractivity (Wildman–Crippen MR) is 118 cm³/mol. The Morgan fingerprint density at radius 2 is 1.45 bits per heavy atom. The Kier molecular flexibility index (Phi) is 5.43. The van der Waals surface area contributed by atoms with Crippen LogP contribution in [-0.4, -0.2) is 29.8 Å². The van der Waals surface area contributed by atoms with Crippen molar-refractivity contribution in [2.75, 3.05) is 6.61 Å². The number of ether oxygens (including phenoxy) is 1. The van der Waals surface area contributed by atoms with Crippen molar-refractivity contribution in [3.8, 4) is 11.1 Å². The molecule has 2 aromatic rings. The molecule has 0 bridgehead atoms. The summed E-state index contributed by atoms with van der Waals surface area (Å²) in [6, 6.07) is 16.1. The summed E-state index contributed by atoms with van der Waals surface area (Å²) in [5.41, 5.74) is 4.72. The average Bonchev–Trinajstić information content (AvgIpc) is 3.07. The fourth-order valence-electron chi connectivity index (χ4n) is 6.13. The van der Waals surface area contributed by atoms with E-state index in [-0.39, 0.29) is 30.4 Å². The van der Waals surface area contributed by atoms with Crippen LogP contribution in [0.1, 0.15) is 55.6 Å². The van der Waals surface area contributed by atoms with Gasteiger partial charge in [0.15, 0.2) is 0 Å². The molecule has 1 amide bonds. The summed E-state index contributed by atoms with van der Waals surface area (Å²) in [4.78, 5) is 24.6. The van der Waals surface area contributed by atoms with Crippen molar-refractivity contribution in [2.24, 2.45) is 17.8 Å². The molecule has 3 aliphatic rings. The zero-order valence-corrected chi connectivity index (χ0v) is 17.6. The molecule has 0 unspecified atom stereocenters. The summed E-state index contributed by atoms with van der Waals surface area (Å²) in [5, 5.41) is 12.7. The molecular weight excluding hydrogens is 390 g/mol. The quantitative estimate of drug-likeness (QED) is 0.715. The molecule has 3 aliphatic carbocycles. The monoisotopic (exact) mass is 419 g/mol. The first-order chi connectivity index (χ1) is 15.1. The smallest absolute Gasteiger partial charge is 0.407 e. The summed E-state index contributed by atoms with van der Waals surface area (Å²) in [7, 11) is 0. The highest BCUT2D eigenvalue weighted by molar-refractivity contribution is 5.79. The molecule has 0 aromatic heterocycles. The highest BCUT2D eigenvalue weighted by Gasteiger charge is 2.54. The summed E-state index contributed by atoms with van der Waals surface area (Å²) in [6.07, 6.45) is 6.00. The Balaban J connectivity index is 1.26. The van der Waals surface area contributed by atoms with Crippen LogP contribution in [-0.2, 0) is 9.53 Å². The van der Waals surface area contributed by atoms with Gasteiger partial charge in [0.05, 0.1) is 5.92 Å². The lowest BCUT2D eigenvalue weighted by Gasteiger charge is -2.51. The zero-order chi connectivity index (χ0) is 21.4. The normalized spacial score (nSPS) is 27.0. The van der Waals surface area contributed by atoms with E-state index in [9.17, 15) is 14.7 Å². The SMILES string of the molecule is O=C(N[C@H]1[C@@H]2CCCCCC[C@@H]2[C@@H]1C(=O)O)OCC1c2ccccc2-c2ccccc21. The molecule has 0 aliphatic heterocycles. The number of benzene rings is 2. The van der Waals surface area contributed by atoms with Gasteiger partial charge in [0, 0.05) is 12.0 Å². The number of amides is 1. The minimum absolute atomic E-state index is 0.00366. The standard InChI is InChI=1S/C26H29NO4/c28-25(29)23-20-13-3-1-2-4-14-21(20)24(23)27-26(30)31-15-22-18-11-7-5-9-16(18)17-10-6-8-12-19(17)22/h5-12,20-24H,1-4,13-15H2,(H,27,30)(H,28,29)/t20-,21+,23-,24-/m0/s1. The molecule has 2 saturated carbocycles. The first kappa shape index (κ1) is 20.1. The number of hydrogen-bond acceptors (Lipinski definition) is 3. The minimum Gasteiger partial charge on any atom is -0.481 e. The van der Waals surface area contributed by atoms with Crippen LogP contribution in [0.25, 0.3) is 11.1 Å². The Morgan fingerprint density at radius 3 is 2.06 bits per heavy atom. The average molecular weight is 420 g/mol. The molecule has 5 heteroatoms. The number of carboxylic acid groups (broad SMARTS) is 1. The summed E-state index contributed by atoms with van der Waals surface area (Å²) >= 11 is 0. The van der Waals surface area contributed by atoms with Crippen LogP contribution in [0.15, 0.2) is 48.5 Å². The second-order valence-corrected chi connectivity index (χ2v) is 9.18. The van der Waals surface area contributed by atoms with E-state index in [1.54, 1.807) is 0 Å². The number of carboxylic acids is 1. The lowest BCUT2D eigenvalue weighted by atomic mass is 9.56. The van der Waals surface area contributed by atoms with Gasteiger partial charge in [-0.3, -0.25) is 4.79 Å². The molecule has 0 saturated heterocycles. The molecule has 0 spiro atoms. The van der Waals surface area contributed by atoms with E-state index >= 15 is 0 Å². The lowest BCUT2D eigenvalue weighted by Crippen LogP contribution is -2.62. The third-order valence-corrected chi connectivity index (χ3v) is 7.60. The zero-order valence-electron chi connectivity index (χ0n) is 17.6. The van der Waals surface area contributed by atoms with Gasteiger partial charge in [-0.1, -0.05) is 74.2 Å². The summed E-state index contributed by atoms with van der Waals surface area (Å²) in [6.45, 7) is 0.248. The van der Waals surface area contributed by atoms with Gasteiger partial charge in [-0.25, -0.2) is 4.79 Å². The maximum Gasteiger partial charge on any atom is 0.407 e.